The van der Waals surface area contributed by atoms with Gasteiger partial charge in [0.2, 0.25) is 0 Å². The van der Waals surface area contributed by atoms with Crippen molar-refractivity contribution < 1.29 is 31.4 Å². The zero-order valence-electron chi connectivity index (χ0n) is 20.2. The topological polar surface area (TPSA) is 153 Å². The van der Waals surface area contributed by atoms with E-state index in [0.29, 0.717) is 22.4 Å². The quantitative estimate of drug-likeness (QED) is 0.175. The summed E-state index contributed by atoms with van der Waals surface area (Å²) in [6.07, 6.45) is 0. The van der Waals surface area contributed by atoms with Gasteiger partial charge in [-0.3, -0.25) is 9.59 Å². The smallest absolute Gasteiger partial charge is 0.255 e. The Kier molecular flexibility index (Phi) is 9.40. The average Bonchev–Trinajstić information content (AvgIpc) is 2.89. The first kappa shape index (κ1) is 28.1. The molecule has 0 heterocycles. The van der Waals surface area contributed by atoms with E-state index >= 15 is 0 Å². The molecule has 0 aliphatic rings. The summed E-state index contributed by atoms with van der Waals surface area (Å²) in [6, 6.07) is 28.5. The molecule has 9 nitrogen and oxygen atoms in total. The minimum Gasteiger partial charge on any atom is -0.322 e. The number of phenols is 1. The standard InChI is InChI=1S/C20H15NO2.C8H10AsNO5/c22-19(15-7-3-1-4-8-15)16-11-13-18(14-12-16)21-20(23)17-9-5-2-6-10-17;1-5(11)10-6-2-3-7(8(12)4-6)9(13,14)15/h1-14H,(H,21,23);2-4,12H,1H3,(H,10,11)(H2,13,14,15). The number of anilines is 2. The minimum absolute atomic E-state index is 0.0356. The van der Waals surface area contributed by atoms with Crippen LogP contribution in [-0.4, -0.2) is 45.1 Å². The molecule has 0 bridgehead atoms. The maximum atomic E-state index is 12.3. The van der Waals surface area contributed by atoms with Crippen LogP contribution in [0.3, 0.4) is 0 Å². The summed E-state index contributed by atoms with van der Waals surface area (Å²) in [5.41, 5.74) is 2.77. The van der Waals surface area contributed by atoms with Crippen molar-refractivity contribution in [2.45, 2.75) is 6.92 Å². The normalized spacial score (nSPS) is 10.5. The Balaban J connectivity index is 0.000000232. The molecule has 38 heavy (non-hydrogen) atoms. The average molecular weight is 576 g/mol. The van der Waals surface area contributed by atoms with Crippen LogP contribution in [0.25, 0.3) is 0 Å². The van der Waals surface area contributed by atoms with Crippen molar-refractivity contribution in [2.24, 2.45) is 0 Å². The maximum Gasteiger partial charge on any atom is 0.255 e. The molecule has 4 aromatic rings. The predicted octanol–water partition coefficient (Wildman–Crippen LogP) is 3.08. The summed E-state index contributed by atoms with van der Waals surface area (Å²) in [4.78, 5) is 35.1. The Morgan fingerprint density at radius 1 is 0.658 bits per heavy atom. The number of amides is 2. The molecule has 0 aliphatic heterocycles. The van der Waals surface area contributed by atoms with Crippen molar-refractivity contribution in [3.8, 4) is 5.75 Å². The van der Waals surface area contributed by atoms with Gasteiger partial charge in [-0.2, -0.15) is 0 Å². The number of nitrogens with one attached hydrogen (secondary N) is 2. The van der Waals surface area contributed by atoms with Crippen LogP contribution in [0.15, 0.2) is 103 Å². The summed E-state index contributed by atoms with van der Waals surface area (Å²) in [6.45, 7) is 1.29. The summed E-state index contributed by atoms with van der Waals surface area (Å²) >= 11 is -5.09. The van der Waals surface area contributed by atoms with Gasteiger partial charge in [0.05, 0.1) is 0 Å². The molecule has 4 aromatic carbocycles. The first-order valence-electron chi connectivity index (χ1n) is 11.3. The van der Waals surface area contributed by atoms with Crippen LogP contribution in [0.4, 0.5) is 11.4 Å². The van der Waals surface area contributed by atoms with Crippen molar-refractivity contribution in [2.75, 3.05) is 10.6 Å². The molecule has 0 atom stereocenters. The van der Waals surface area contributed by atoms with Gasteiger partial charge in [-0.15, -0.1) is 0 Å². The largest absolute Gasteiger partial charge is 0.322 e. The molecule has 0 spiro atoms. The van der Waals surface area contributed by atoms with Crippen LogP contribution in [-0.2, 0) is 8.53 Å². The van der Waals surface area contributed by atoms with Crippen LogP contribution in [0.1, 0.15) is 33.2 Å². The Labute approximate surface area is 221 Å². The molecule has 0 radical (unpaired) electrons. The number of ketones is 1. The second-order valence-electron chi connectivity index (χ2n) is 8.02. The fraction of sp³-hybridized carbons (Fsp3) is 0.0357. The van der Waals surface area contributed by atoms with E-state index in [-0.39, 0.29) is 23.3 Å². The van der Waals surface area contributed by atoms with Gasteiger partial charge in [0.15, 0.2) is 5.78 Å². The van der Waals surface area contributed by atoms with Crippen LogP contribution < -0.4 is 15.0 Å². The van der Waals surface area contributed by atoms with Crippen LogP contribution in [0.5, 0.6) is 5.75 Å². The minimum atomic E-state index is -5.09. The van der Waals surface area contributed by atoms with Crippen LogP contribution >= 0.6 is 0 Å². The second kappa shape index (κ2) is 12.7. The number of benzene rings is 4. The monoisotopic (exact) mass is 576 g/mol. The molecular formula is C28H25AsN2O7. The van der Waals surface area contributed by atoms with Crippen molar-refractivity contribution in [3.63, 3.8) is 0 Å². The van der Waals surface area contributed by atoms with Crippen LogP contribution in [0, 0.1) is 0 Å². The van der Waals surface area contributed by atoms with E-state index in [4.69, 9.17) is 8.19 Å². The number of rotatable bonds is 6. The summed E-state index contributed by atoms with van der Waals surface area (Å²) in [5, 5.41) is 14.5. The summed E-state index contributed by atoms with van der Waals surface area (Å²) in [7, 11) is 0. The molecule has 0 saturated carbocycles. The number of hydrogen-bond acceptors (Lipinski definition) is 5. The van der Waals surface area contributed by atoms with Gasteiger partial charge >= 0.3 is 88.1 Å². The summed E-state index contributed by atoms with van der Waals surface area (Å²) < 4.78 is 28.2. The SMILES string of the molecule is CC(=O)Nc1ccc([As](=O)(O)O)c(O)c1.O=C(Nc1ccc(C(=O)c2ccccc2)cc1)c1ccccc1. The van der Waals surface area contributed by atoms with Gasteiger partial charge in [-0.25, -0.2) is 0 Å². The Hall–Kier alpha value is -4.43. The number of hydrogen-bond donors (Lipinski definition) is 5. The van der Waals surface area contributed by atoms with Crippen molar-refractivity contribution in [1.82, 2.24) is 0 Å². The number of aromatic hydroxyl groups is 1. The van der Waals surface area contributed by atoms with Gasteiger partial charge in [-0.05, 0) is 36.4 Å². The van der Waals surface area contributed by atoms with Gasteiger partial charge in [-0.1, -0.05) is 48.5 Å². The van der Waals surface area contributed by atoms with E-state index in [9.17, 15) is 23.2 Å². The Morgan fingerprint density at radius 2 is 1.16 bits per heavy atom. The molecule has 0 saturated heterocycles. The molecule has 0 aromatic heterocycles. The van der Waals surface area contributed by atoms with E-state index in [1.165, 1.54) is 13.0 Å². The van der Waals surface area contributed by atoms with Crippen LogP contribution in [0.2, 0.25) is 0 Å². The fourth-order valence-electron chi connectivity index (χ4n) is 3.30. The van der Waals surface area contributed by atoms with Gasteiger partial charge < -0.3 is 5.32 Å². The van der Waals surface area contributed by atoms with Gasteiger partial charge in [0.1, 0.15) is 0 Å². The molecular weight excluding hydrogens is 551 g/mol. The van der Waals surface area contributed by atoms with E-state index in [1.807, 2.05) is 36.4 Å². The molecule has 10 heteroatoms. The van der Waals surface area contributed by atoms with E-state index < -0.39 is 24.3 Å². The molecule has 0 unspecified atom stereocenters. The van der Waals surface area contributed by atoms with E-state index in [2.05, 4.69) is 10.6 Å². The van der Waals surface area contributed by atoms with Gasteiger partial charge in [0, 0.05) is 22.4 Å². The van der Waals surface area contributed by atoms with Gasteiger partial charge in [0.25, 0.3) is 5.91 Å². The maximum absolute atomic E-state index is 12.3. The zero-order valence-corrected chi connectivity index (χ0v) is 22.1. The fourth-order valence-corrected chi connectivity index (χ4v) is 4.63. The third kappa shape index (κ3) is 8.04. The van der Waals surface area contributed by atoms with E-state index in [1.54, 1.807) is 48.5 Å². The number of carbonyl (C=O) groups is 3. The first-order valence-corrected chi connectivity index (χ1v) is 14.7. The molecule has 4 rings (SSSR count). The number of carbonyl (C=O) groups excluding carboxylic acids is 3. The van der Waals surface area contributed by atoms with E-state index in [0.717, 1.165) is 12.1 Å². The predicted molar refractivity (Wildman–Crippen MR) is 144 cm³/mol. The molecule has 0 fully saturated rings. The number of phenolic OH excluding ortho intramolecular Hbond substituents is 1. The zero-order chi connectivity index (χ0) is 27.7. The van der Waals surface area contributed by atoms with Crippen molar-refractivity contribution in [1.29, 1.82) is 0 Å². The molecule has 0 aliphatic carbocycles. The molecule has 2 amide bonds. The third-order valence-corrected chi connectivity index (χ3v) is 7.20. The molecule has 5 N–H and O–H groups in total. The Bertz CT molecular complexity index is 1470. The molecule has 194 valence electrons. The summed E-state index contributed by atoms with van der Waals surface area (Å²) in [5.74, 6) is -1.06. The Morgan fingerprint density at radius 3 is 1.66 bits per heavy atom. The van der Waals surface area contributed by atoms with Crippen molar-refractivity contribution in [3.05, 3.63) is 120 Å². The van der Waals surface area contributed by atoms with Crippen molar-refractivity contribution >= 4 is 47.5 Å². The third-order valence-electron chi connectivity index (χ3n) is 5.09. The second-order valence-corrected chi connectivity index (χ2v) is 11.3. The first-order chi connectivity index (χ1) is 18.0.